The van der Waals surface area contributed by atoms with Crippen molar-refractivity contribution in [1.29, 1.82) is 0 Å². The second-order valence-electron chi connectivity index (χ2n) is 8.44. The maximum absolute atomic E-state index is 12.9. The quantitative estimate of drug-likeness (QED) is 0.558. The van der Waals surface area contributed by atoms with Gasteiger partial charge in [0.1, 0.15) is 11.5 Å². The van der Waals surface area contributed by atoms with Crippen molar-refractivity contribution in [2.45, 2.75) is 19.9 Å². The van der Waals surface area contributed by atoms with Crippen LogP contribution in [0.4, 0.5) is 5.95 Å². The molecule has 2 aromatic carbocycles. The van der Waals surface area contributed by atoms with Gasteiger partial charge in [-0.3, -0.25) is 4.79 Å². The number of carbonyl (C=O) groups excluding carboxylic acids is 1. The molecule has 0 unspecified atom stereocenters. The number of aromatic nitrogens is 2. The first kappa shape index (κ1) is 22.2. The third kappa shape index (κ3) is 5.12. The Balaban J connectivity index is 1.38. The first-order chi connectivity index (χ1) is 16.7. The molecule has 1 saturated heterocycles. The van der Waals surface area contributed by atoms with Gasteiger partial charge >= 0.3 is 0 Å². The molecule has 1 amide bonds. The molecule has 0 atom stereocenters. The molecule has 176 valence electrons. The number of fused-ring (bicyclic) bond motifs is 1. The molecule has 0 aliphatic carbocycles. The summed E-state index contributed by atoms with van der Waals surface area (Å²) in [6.07, 6.45) is 0.635. The second kappa shape index (κ2) is 10.1. The summed E-state index contributed by atoms with van der Waals surface area (Å²) in [6.45, 7) is 5.77. The molecule has 0 bridgehead atoms. The van der Waals surface area contributed by atoms with Gasteiger partial charge in [0.25, 0.3) is 5.91 Å². The molecular formula is C26H28N4O4. The number of aryl methyl sites for hydroxylation is 1. The lowest BCUT2D eigenvalue weighted by Crippen LogP contribution is -2.40. The maximum Gasteiger partial charge on any atom is 0.260 e. The smallest absolute Gasteiger partial charge is 0.260 e. The Labute approximate surface area is 199 Å². The molecule has 0 N–H and O–H groups in total. The summed E-state index contributed by atoms with van der Waals surface area (Å²) in [5.74, 6) is 2.45. The van der Waals surface area contributed by atoms with Crippen molar-refractivity contribution in [1.82, 2.24) is 14.9 Å². The zero-order valence-corrected chi connectivity index (χ0v) is 19.3. The molecule has 2 aliphatic heterocycles. The summed E-state index contributed by atoms with van der Waals surface area (Å²) in [4.78, 5) is 26.4. The van der Waals surface area contributed by atoms with Crippen LogP contribution in [0, 0.1) is 6.92 Å². The molecule has 8 nitrogen and oxygen atoms in total. The monoisotopic (exact) mass is 460 g/mol. The molecule has 1 fully saturated rings. The lowest BCUT2D eigenvalue weighted by atomic mass is 10.1. The maximum atomic E-state index is 12.9. The molecule has 1 aromatic heterocycles. The van der Waals surface area contributed by atoms with E-state index in [1.165, 1.54) is 0 Å². The van der Waals surface area contributed by atoms with Gasteiger partial charge in [0.05, 0.1) is 31.0 Å². The van der Waals surface area contributed by atoms with E-state index in [1.807, 2.05) is 61.5 Å². The minimum absolute atomic E-state index is 0.0137. The SMILES string of the molecule is Cc1ccc(Oc2nc(N3CCOCC3)nc3c2CN(C(=O)COc2ccccc2)CC3)cc1. The number of hydrogen-bond donors (Lipinski definition) is 0. The Morgan fingerprint density at radius 1 is 0.971 bits per heavy atom. The molecule has 34 heavy (non-hydrogen) atoms. The topological polar surface area (TPSA) is 77.0 Å². The van der Waals surface area contributed by atoms with Crippen LogP contribution in [-0.2, 0) is 22.5 Å². The van der Waals surface area contributed by atoms with Crippen molar-refractivity contribution in [3.63, 3.8) is 0 Å². The fourth-order valence-electron chi connectivity index (χ4n) is 4.04. The fraction of sp³-hybridized carbons (Fsp3) is 0.346. The number of amides is 1. The number of para-hydroxylation sites is 1. The zero-order valence-electron chi connectivity index (χ0n) is 19.3. The Morgan fingerprint density at radius 2 is 1.74 bits per heavy atom. The highest BCUT2D eigenvalue weighted by Gasteiger charge is 2.28. The first-order valence-corrected chi connectivity index (χ1v) is 11.6. The second-order valence-corrected chi connectivity index (χ2v) is 8.44. The highest BCUT2D eigenvalue weighted by atomic mass is 16.5. The van der Waals surface area contributed by atoms with E-state index in [1.54, 1.807) is 4.90 Å². The number of ether oxygens (including phenoxy) is 3. The van der Waals surface area contributed by atoms with Crippen LogP contribution in [0.5, 0.6) is 17.4 Å². The summed E-state index contributed by atoms with van der Waals surface area (Å²) in [6, 6.07) is 17.2. The van der Waals surface area contributed by atoms with Crippen molar-refractivity contribution < 1.29 is 19.0 Å². The summed E-state index contributed by atoms with van der Waals surface area (Å²) in [5.41, 5.74) is 2.92. The number of nitrogens with zero attached hydrogens (tertiary/aromatic N) is 4. The van der Waals surface area contributed by atoms with Gasteiger partial charge in [0.2, 0.25) is 11.8 Å². The molecular weight excluding hydrogens is 432 g/mol. The van der Waals surface area contributed by atoms with Crippen LogP contribution in [0.25, 0.3) is 0 Å². The van der Waals surface area contributed by atoms with Gasteiger partial charge in [-0.15, -0.1) is 0 Å². The number of morpholine rings is 1. The van der Waals surface area contributed by atoms with Crippen molar-refractivity contribution in [3.05, 3.63) is 71.4 Å². The van der Waals surface area contributed by atoms with Gasteiger partial charge in [-0.25, -0.2) is 4.98 Å². The van der Waals surface area contributed by atoms with Crippen LogP contribution >= 0.6 is 0 Å². The van der Waals surface area contributed by atoms with E-state index in [0.717, 1.165) is 29.9 Å². The van der Waals surface area contributed by atoms with E-state index in [0.29, 0.717) is 56.1 Å². The molecule has 0 radical (unpaired) electrons. The number of hydrogen-bond acceptors (Lipinski definition) is 7. The van der Waals surface area contributed by atoms with Crippen LogP contribution < -0.4 is 14.4 Å². The fourth-order valence-corrected chi connectivity index (χ4v) is 4.04. The lowest BCUT2D eigenvalue weighted by Gasteiger charge is -2.31. The van der Waals surface area contributed by atoms with Gasteiger partial charge in [-0.05, 0) is 31.2 Å². The summed E-state index contributed by atoms with van der Waals surface area (Å²) < 4.78 is 17.4. The standard InChI is InChI=1S/C26H28N4O4/c1-19-7-9-21(10-8-19)34-25-22-17-30(24(31)18-33-20-5-3-2-4-6-20)12-11-23(22)27-26(28-25)29-13-15-32-16-14-29/h2-10H,11-18H2,1H3. The van der Waals surface area contributed by atoms with E-state index in [9.17, 15) is 4.79 Å². The Bertz CT molecular complexity index is 1130. The Morgan fingerprint density at radius 3 is 2.50 bits per heavy atom. The van der Waals surface area contributed by atoms with E-state index in [-0.39, 0.29) is 12.5 Å². The van der Waals surface area contributed by atoms with Crippen molar-refractivity contribution in [2.75, 3.05) is 44.4 Å². The minimum Gasteiger partial charge on any atom is -0.484 e. The highest BCUT2D eigenvalue weighted by Crippen LogP contribution is 2.32. The average Bonchev–Trinajstić information content (AvgIpc) is 2.89. The average molecular weight is 461 g/mol. The van der Waals surface area contributed by atoms with E-state index < -0.39 is 0 Å². The third-order valence-corrected chi connectivity index (χ3v) is 6.00. The van der Waals surface area contributed by atoms with Crippen LogP contribution in [0.15, 0.2) is 54.6 Å². The van der Waals surface area contributed by atoms with Crippen LogP contribution in [0.1, 0.15) is 16.8 Å². The number of carbonyl (C=O) groups is 1. The predicted octanol–water partition coefficient (Wildman–Crippen LogP) is 3.38. The summed E-state index contributed by atoms with van der Waals surface area (Å²) in [5, 5.41) is 0. The lowest BCUT2D eigenvalue weighted by molar-refractivity contribution is -0.134. The molecule has 5 rings (SSSR count). The van der Waals surface area contributed by atoms with Gasteiger partial charge in [-0.1, -0.05) is 35.9 Å². The van der Waals surface area contributed by atoms with Gasteiger partial charge in [0.15, 0.2) is 6.61 Å². The van der Waals surface area contributed by atoms with Crippen molar-refractivity contribution in [2.24, 2.45) is 0 Å². The third-order valence-electron chi connectivity index (χ3n) is 6.00. The number of rotatable bonds is 6. The zero-order chi connectivity index (χ0) is 23.3. The number of benzene rings is 2. The summed E-state index contributed by atoms with van der Waals surface area (Å²) in [7, 11) is 0. The van der Waals surface area contributed by atoms with Gasteiger partial charge in [-0.2, -0.15) is 4.98 Å². The molecule has 3 aromatic rings. The van der Waals surface area contributed by atoms with Crippen LogP contribution in [-0.4, -0.2) is 60.2 Å². The normalized spacial score (nSPS) is 15.6. The van der Waals surface area contributed by atoms with E-state index in [2.05, 4.69) is 4.90 Å². The largest absolute Gasteiger partial charge is 0.484 e. The predicted molar refractivity (Wildman–Crippen MR) is 127 cm³/mol. The van der Waals surface area contributed by atoms with Crippen LogP contribution in [0.3, 0.4) is 0 Å². The molecule has 0 spiro atoms. The van der Waals surface area contributed by atoms with Crippen LogP contribution in [0.2, 0.25) is 0 Å². The van der Waals surface area contributed by atoms with E-state index >= 15 is 0 Å². The highest BCUT2D eigenvalue weighted by molar-refractivity contribution is 5.78. The Hall–Kier alpha value is -3.65. The van der Waals surface area contributed by atoms with Crippen molar-refractivity contribution in [3.8, 4) is 17.4 Å². The summed E-state index contributed by atoms with van der Waals surface area (Å²) >= 11 is 0. The van der Waals surface area contributed by atoms with Crippen molar-refractivity contribution >= 4 is 11.9 Å². The molecule has 0 saturated carbocycles. The van der Waals surface area contributed by atoms with E-state index in [4.69, 9.17) is 24.2 Å². The number of anilines is 1. The molecule has 3 heterocycles. The minimum atomic E-state index is -0.0759. The van der Waals surface area contributed by atoms with Gasteiger partial charge in [0, 0.05) is 26.1 Å². The Kier molecular flexibility index (Phi) is 6.58. The molecule has 8 heteroatoms. The molecule has 2 aliphatic rings. The van der Waals surface area contributed by atoms with Gasteiger partial charge < -0.3 is 24.0 Å². The first-order valence-electron chi connectivity index (χ1n) is 11.6.